The maximum atomic E-state index is 13.1. The number of nitrogens with zero attached hydrogens (tertiary/aromatic N) is 5. The van der Waals surface area contributed by atoms with E-state index in [1.165, 1.54) is 16.7 Å². The molecule has 2 aliphatic rings. The predicted molar refractivity (Wildman–Crippen MR) is 123 cm³/mol. The van der Waals surface area contributed by atoms with Crippen molar-refractivity contribution in [3.8, 4) is 0 Å². The molecule has 1 aromatic heterocycles. The second-order valence-electron chi connectivity index (χ2n) is 8.20. The van der Waals surface area contributed by atoms with Crippen molar-refractivity contribution in [1.82, 2.24) is 14.8 Å². The first kappa shape index (κ1) is 22.1. The summed E-state index contributed by atoms with van der Waals surface area (Å²) in [5, 5.41) is 0.292. The third-order valence-corrected chi connectivity index (χ3v) is 6.25. The van der Waals surface area contributed by atoms with Gasteiger partial charge in [0.15, 0.2) is 0 Å². The lowest BCUT2D eigenvalue weighted by molar-refractivity contribution is -0.125. The van der Waals surface area contributed by atoms with E-state index in [1.54, 1.807) is 23.1 Å². The van der Waals surface area contributed by atoms with Crippen LogP contribution in [0, 0.1) is 13.8 Å². The summed E-state index contributed by atoms with van der Waals surface area (Å²) in [6, 6.07) is 6.72. The molecular weight excluding hydrogens is 430 g/mol. The van der Waals surface area contributed by atoms with Crippen molar-refractivity contribution in [2.75, 3.05) is 49.1 Å². The number of benzene rings is 1. The molecular formula is C23H26ClN5O3. The van der Waals surface area contributed by atoms with Gasteiger partial charge in [-0.05, 0) is 43.2 Å². The fourth-order valence-electron chi connectivity index (χ4n) is 4.24. The van der Waals surface area contributed by atoms with Gasteiger partial charge in [0.25, 0.3) is 5.91 Å². The zero-order chi connectivity index (χ0) is 23.0. The van der Waals surface area contributed by atoms with Crippen molar-refractivity contribution in [2.45, 2.75) is 20.8 Å². The molecule has 0 spiro atoms. The molecule has 4 amide bonds. The molecule has 3 heterocycles. The van der Waals surface area contributed by atoms with Crippen LogP contribution in [0.3, 0.4) is 0 Å². The molecule has 8 nitrogen and oxygen atoms in total. The van der Waals surface area contributed by atoms with Gasteiger partial charge in [0, 0.05) is 58.1 Å². The standard InChI is InChI=1S/C23H26ClN5O3/c1-15-12-16(2)21(25-14-15)26-6-8-27(9-7-26)22(31)19-5-4-18(13-20(19)24)29-11-10-28(17(3)30)23(29)32/h4-5,12-14H,6-11H2,1-3H3. The fourth-order valence-corrected chi connectivity index (χ4v) is 4.50. The molecule has 168 valence electrons. The number of piperazine rings is 1. The van der Waals surface area contributed by atoms with Crippen molar-refractivity contribution in [3.63, 3.8) is 0 Å². The number of urea groups is 1. The van der Waals surface area contributed by atoms with Crippen LogP contribution in [0.4, 0.5) is 16.3 Å². The summed E-state index contributed by atoms with van der Waals surface area (Å²) >= 11 is 6.44. The molecule has 0 bridgehead atoms. The van der Waals surface area contributed by atoms with Crippen molar-refractivity contribution in [2.24, 2.45) is 0 Å². The summed E-state index contributed by atoms with van der Waals surface area (Å²) in [6.07, 6.45) is 1.86. The number of anilines is 2. The Morgan fingerprint density at radius 3 is 2.31 bits per heavy atom. The first-order valence-corrected chi connectivity index (χ1v) is 11.0. The molecule has 0 radical (unpaired) electrons. The number of amides is 4. The molecule has 32 heavy (non-hydrogen) atoms. The maximum Gasteiger partial charge on any atom is 0.331 e. The monoisotopic (exact) mass is 455 g/mol. The van der Waals surface area contributed by atoms with Gasteiger partial charge >= 0.3 is 6.03 Å². The fraction of sp³-hybridized carbons (Fsp3) is 0.391. The number of aromatic nitrogens is 1. The van der Waals surface area contributed by atoms with Gasteiger partial charge in [-0.1, -0.05) is 17.7 Å². The van der Waals surface area contributed by atoms with Crippen LogP contribution in [0.15, 0.2) is 30.5 Å². The zero-order valence-corrected chi connectivity index (χ0v) is 19.2. The van der Waals surface area contributed by atoms with Gasteiger partial charge in [-0.15, -0.1) is 0 Å². The van der Waals surface area contributed by atoms with E-state index in [9.17, 15) is 14.4 Å². The van der Waals surface area contributed by atoms with E-state index in [0.717, 1.165) is 16.9 Å². The highest BCUT2D eigenvalue weighted by molar-refractivity contribution is 6.34. The number of rotatable bonds is 3. The van der Waals surface area contributed by atoms with Gasteiger partial charge in [-0.3, -0.25) is 19.4 Å². The molecule has 2 aromatic rings. The Morgan fingerprint density at radius 2 is 1.72 bits per heavy atom. The number of aryl methyl sites for hydroxylation is 2. The third-order valence-electron chi connectivity index (χ3n) is 5.94. The van der Waals surface area contributed by atoms with Crippen LogP contribution in [0.25, 0.3) is 0 Å². The topological polar surface area (TPSA) is 77.1 Å². The van der Waals surface area contributed by atoms with E-state index in [4.69, 9.17) is 11.6 Å². The van der Waals surface area contributed by atoms with E-state index in [2.05, 4.69) is 22.9 Å². The zero-order valence-electron chi connectivity index (χ0n) is 18.5. The van der Waals surface area contributed by atoms with Crippen molar-refractivity contribution >= 4 is 41.0 Å². The highest BCUT2D eigenvalue weighted by Gasteiger charge is 2.33. The number of carbonyl (C=O) groups excluding carboxylic acids is 3. The summed E-state index contributed by atoms with van der Waals surface area (Å²) in [7, 11) is 0. The Bertz CT molecular complexity index is 1080. The molecule has 1 aromatic carbocycles. The number of pyridine rings is 1. The SMILES string of the molecule is CC(=O)N1CCN(c2ccc(C(=O)N3CCN(c4ncc(C)cc4C)CC3)c(Cl)c2)C1=O. The summed E-state index contributed by atoms with van der Waals surface area (Å²) in [4.78, 5) is 48.3. The first-order chi connectivity index (χ1) is 15.3. The second-order valence-corrected chi connectivity index (χ2v) is 8.61. The van der Waals surface area contributed by atoms with E-state index in [-0.39, 0.29) is 17.8 Å². The Morgan fingerprint density at radius 1 is 1.00 bits per heavy atom. The number of hydrogen-bond acceptors (Lipinski definition) is 5. The molecule has 0 unspecified atom stereocenters. The smallest absolute Gasteiger partial charge is 0.331 e. The molecule has 0 atom stereocenters. The molecule has 0 aliphatic carbocycles. The highest BCUT2D eigenvalue weighted by atomic mass is 35.5. The Labute approximate surface area is 192 Å². The number of hydrogen-bond donors (Lipinski definition) is 0. The number of carbonyl (C=O) groups is 3. The van der Waals surface area contributed by atoms with Crippen molar-refractivity contribution < 1.29 is 14.4 Å². The van der Waals surface area contributed by atoms with Gasteiger partial charge in [-0.25, -0.2) is 9.78 Å². The van der Waals surface area contributed by atoms with Crippen LogP contribution in [-0.2, 0) is 4.79 Å². The van der Waals surface area contributed by atoms with Gasteiger partial charge in [0.1, 0.15) is 5.82 Å². The average Bonchev–Trinajstić information content (AvgIpc) is 3.15. The van der Waals surface area contributed by atoms with Crippen LogP contribution in [0.1, 0.15) is 28.4 Å². The Balaban J connectivity index is 1.43. The molecule has 0 saturated carbocycles. The lowest BCUT2D eigenvalue weighted by Crippen LogP contribution is -2.49. The van der Waals surface area contributed by atoms with E-state index < -0.39 is 0 Å². The molecule has 9 heteroatoms. The van der Waals surface area contributed by atoms with Crippen LogP contribution < -0.4 is 9.80 Å². The summed E-state index contributed by atoms with van der Waals surface area (Å²) < 4.78 is 0. The summed E-state index contributed by atoms with van der Waals surface area (Å²) in [5.74, 6) is 0.540. The average molecular weight is 456 g/mol. The van der Waals surface area contributed by atoms with Crippen LogP contribution in [-0.4, -0.2) is 71.9 Å². The van der Waals surface area contributed by atoms with Gasteiger partial charge in [0.05, 0.1) is 10.6 Å². The van der Waals surface area contributed by atoms with E-state index >= 15 is 0 Å². The van der Waals surface area contributed by atoms with Crippen LogP contribution >= 0.6 is 11.6 Å². The first-order valence-electron chi connectivity index (χ1n) is 10.6. The Hall–Kier alpha value is -3.13. The minimum absolute atomic E-state index is 0.132. The largest absolute Gasteiger partial charge is 0.353 e. The minimum Gasteiger partial charge on any atom is -0.353 e. The van der Waals surface area contributed by atoms with Crippen LogP contribution in [0.2, 0.25) is 5.02 Å². The normalized spacial score (nSPS) is 16.7. The number of halogens is 1. The molecule has 4 rings (SSSR count). The molecule has 2 saturated heterocycles. The molecule has 0 N–H and O–H groups in total. The lowest BCUT2D eigenvalue weighted by Gasteiger charge is -2.36. The third kappa shape index (κ3) is 4.14. The van der Waals surface area contributed by atoms with Gasteiger partial charge in [-0.2, -0.15) is 0 Å². The van der Waals surface area contributed by atoms with Crippen molar-refractivity contribution in [1.29, 1.82) is 0 Å². The van der Waals surface area contributed by atoms with E-state index in [1.807, 2.05) is 13.1 Å². The van der Waals surface area contributed by atoms with Gasteiger partial charge < -0.3 is 9.80 Å². The summed E-state index contributed by atoms with van der Waals surface area (Å²) in [5.41, 5.74) is 3.24. The molecule has 2 fully saturated rings. The minimum atomic E-state index is -0.372. The number of imide groups is 1. The van der Waals surface area contributed by atoms with Crippen LogP contribution in [0.5, 0.6) is 0 Å². The quantitative estimate of drug-likeness (QED) is 0.710. The second kappa shape index (κ2) is 8.78. The van der Waals surface area contributed by atoms with Gasteiger partial charge in [0.2, 0.25) is 5.91 Å². The Kier molecular flexibility index (Phi) is 6.06. The lowest BCUT2D eigenvalue weighted by atomic mass is 10.1. The predicted octanol–water partition coefficient (Wildman–Crippen LogP) is 3.10. The van der Waals surface area contributed by atoms with Crippen molar-refractivity contribution in [3.05, 3.63) is 52.2 Å². The molecule has 2 aliphatic heterocycles. The maximum absolute atomic E-state index is 13.1. The van der Waals surface area contributed by atoms with E-state index in [0.29, 0.717) is 55.5 Å². The summed E-state index contributed by atoms with van der Waals surface area (Å²) in [6.45, 7) is 8.72. The highest BCUT2D eigenvalue weighted by Crippen LogP contribution is 2.28.